The van der Waals surface area contributed by atoms with Gasteiger partial charge in [0.2, 0.25) is 0 Å². The average molecular weight is 252 g/mol. The second-order valence-electron chi connectivity index (χ2n) is 3.37. The lowest BCUT2D eigenvalue weighted by molar-refractivity contribution is -0.131. The standard InChI is InChI=1S/C13H13FO2S/c14-12-6-4-10(3-1-2-8-17)9-11(12)5-7-13(15)16/h1,3-7,9,17H,2,8H2,(H,15,16)/b3-1?,7-5+. The van der Waals surface area contributed by atoms with Crippen molar-refractivity contribution in [3.63, 3.8) is 0 Å². The van der Waals surface area contributed by atoms with Gasteiger partial charge in [-0.2, -0.15) is 12.6 Å². The molecular weight excluding hydrogens is 239 g/mol. The van der Waals surface area contributed by atoms with E-state index in [0.29, 0.717) is 0 Å². The maximum Gasteiger partial charge on any atom is 0.328 e. The van der Waals surface area contributed by atoms with E-state index in [9.17, 15) is 9.18 Å². The summed E-state index contributed by atoms with van der Waals surface area (Å²) < 4.78 is 13.3. The van der Waals surface area contributed by atoms with Crippen molar-refractivity contribution < 1.29 is 14.3 Å². The largest absolute Gasteiger partial charge is 0.478 e. The smallest absolute Gasteiger partial charge is 0.328 e. The van der Waals surface area contributed by atoms with Crippen molar-refractivity contribution in [3.05, 3.63) is 47.3 Å². The fourth-order valence-corrected chi connectivity index (χ4v) is 1.40. The topological polar surface area (TPSA) is 37.3 Å². The number of carboxylic acids is 1. The number of thiol groups is 1. The third-order valence-electron chi connectivity index (χ3n) is 2.03. The fourth-order valence-electron chi connectivity index (χ4n) is 1.25. The van der Waals surface area contributed by atoms with Crippen LogP contribution in [0.15, 0.2) is 30.4 Å². The molecule has 0 fully saturated rings. The quantitative estimate of drug-likeness (QED) is 0.623. The predicted molar refractivity (Wildman–Crippen MR) is 70.6 cm³/mol. The minimum absolute atomic E-state index is 0.264. The molecule has 0 radical (unpaired) electrons. The first-order chi connectivity index (χ1) is 8.13. The van der Waals surface area contributed by atoms with Gasteiger partial charge in [-0.25, -0.2) is 9.18 Å². The van der Waals surface area contributed by atoms with E-state index in [0.717, 1.165) is 23.8 Å². The third kappa shape index (κ3) is 4.87. The highest BCUT2D eigenvalue weighted by Crippen LogP contribution is 2.14. The van der Waals surface area contributed by atoms with E-state index in [1.165, 1.54) is 12.1 Å². The summed E-state index contributed by atoms with van der Waals surface area (Å²) in [5.41, 5.74) is 1.10. The summed E-state index contributed by atoms with van der Waals surface area (Å²) in [6.07, 6.45) is 6.78. The number of hydrogen-bond acceptors (Lipinski definition) is 2. The number of hydrogen-bond donors (Lipinski definition) is 2. The Kier molecular flexibility index (Phi) is 5.49. The van der Waals surface area contributed by atoms with Gasteiger partial charge in [-0.3, -0.25) is 0 Å². The van der Waals surface area contributed by atoms with Crippen molar-refractivity contribution >= 4 is 30.8 Å². The van der Waals surface area contributed by atoms with E-state index in [4.69, 9.17) is 5.11 Å². The van der Waals surface area contributed by atoms with Crippen molar-refractivity contribution in [2.24, 2.45) is 0 Å². The van der Waals surface area contributed by atoms with Crippen LogP contribution in [0.2, 0.25) is 0 Å². The molecule has 1 N–H and O–H groups in total. The summed E-state index contributed by atoms with van der Waals surface area (Å²) in [6, 6.07) is 4.56. The van der Waals surface area contributed by atoms with Crippen LogP contribution >= 0.6 is 12.6 Å². The molecular formula is C13H13FO2S. The molecule has 1 aromatic carbocycles. The van der Waals surface area contributed by atoms with Gasteiger partial charge in [0.1, 0.15) is 5.82 Å². The summed E-state index contributed by atoms with van der Waals surface area (Å²) in [6.45, 7) is 0. The molecule has 0 aliphatic carbocycles. The Morgan fingerprint density at radius 3 is 2.82 bits per heavy atom. The monoisotopic (exact) mass is 252 g/mol. The summed E-state index contributed by atoms with van der Waals surface area (Å²) in [5, 5.41) is 8.48. The maximum absolute atomic E-state index is 13.3. The SMILES string of the molecule is O=C(O)/C=C/c1cc(C=CCCS)ccc1F. The molecule has 0 spiro atoms. The minimum atomic E-state index is -1.10. The van der Waals surface area contributed by atoms with Crippen molar-refractivity contribution in [3.8, 4) is 0 Å². The molecule has 4 heteroatoms. The molecule has 0 aliphatic rings. The molecule has 0 aromatic heterocycles. The number of aliphatic carboxylic acids is 1. The van der Waals surface area contributed by atoms with Crippen molar-refractivity contribution in [2.45, 2.75) is 6.42 Å². The van der Waals surface area contributed by atoms with Gasteiger partial charge in [0.15, 0.2) is 0 Å². The summed E-state index contributed by atoms with van der Waals surface area (Å²) in [4.78, 5) is 10.3. The van der Waals surface area contributed by atoms with E-state index >= 15 is 0 Å². The number of benzene rings is 1. The maximum atomic E-state index is 13.3. The number of carbonyl (C=O) groups is 1. The van der Waals surface area contributed by atoms with Gasteiger partial charge in [0.25, 0.3) is 0 Å². The molecule has 1 rings (SSSR count). The Labute approximate surface area is 105 Å². The minimum Gasteiger partial charge on any atom is -0.478 e. The van der Waals surface area contributed by atoms with Crippen LogP contribution in [0.5, 0.6) is 0 Å². The normalized spacial score (nSPS) is 11.4. The zero-order valence-electron chi connectivity index (χ0n) is 9.14. The van der Waals surface area contributed by atoms with E-state index in [1.54, 1.807) is 12.1 Å². The number of rotatable bonds is 5. The molecule has 1 aromatic rings. The van der Waals surface area contributed by atoms with Gasteiger partial charge in [0.05, 0.1) is 0 Å². The molecule has 0 heterocycles. The number of allylic oxidation sites excluding steroid dienone is 1. The Bertz CT molecular complexity index is 453. The Hall–Kier alpha value is -1.55. The van der Waals surface area contributed by atoms with Crippen LogP contribution < -0.4 is 0 Å². The molecule has 0 saturated heterocycles. The van der Waals surface area contributed by atoms with Gasteiger partial charge in [-0.1, -0.05) is 18.2 Å². The van der Waals surface area contributed by atoms with Crippen LogP contribution in [-0.4, -0.2) is 16.8 Å². The summed E-state index contributed by atoms with van der Waals surface area (Å²) in [5.74, 6) is -0.780. The lowest BCUT2D eigenvalue weighted by Crippen LogP contribution is -1.88. The molecule has 2 nitrogen and oxygen atoms in total. The molecule has 90 valence electrons. The van der Waals surface area contributed by atoms with E-state index in [1.807, 2.05) is 12.2 Å². The van der Waals surface area contributed by atoms with Crippen LogP contribution in [-0.2, 0) is 4.79 Å². The second kappa shape index (κ2) is 6.91. The lowest BCUT2D eigenvalue weighted by atomic mass is 10.1. The van der Waals surface area contributed by atoms with Crippen molar-refractivity contribution in [1.82, 2.24) is 0 Å². The zero-order chi connectivity index (χ0) is 12.7. The molecule has 0 unspecified atom stereocenters. The fraction of sp³-hybridized carbons (Fsp3) is 0.154. The highest BCUT2D eigenvalue weighted by Gasteiger charge is 1.99. The Morgan fingerprint density at radius 1 is 1.41 bits per heavy atom. The lowest BCUT2D eigenvalue weighted by Gasteiger charge is -1.99. The van der Waals surface area contributed by atoms with Crippen molar-refractivity contribution in [2.75, 3.05) is 5.75 Å². The molecule has 0 amide bonds. The van der Waals surface area contributed by atoms with E-state index in [2.05, 4.69) is 12.6 Å². The average Bonchev–Trinajstić information content (AvgIpc) is 2.29. The predicted octanol–water partition coefficient (Wildman–Crippen LogP) is 3.26. The van der Waals surface area contributed by atoms with Crippen LogP contribution in [0.25, 0.3) is 12.2 Å². The second-order valence-corrected chi connectivity index (χ2v) is 3.81. The van der Waals surface area contributed by atoms with Crippen LogP contribution in [0.4, 0.5) is 4.39 Å². The van der Waals surface area contributed by atoms with Crippen molar-refractivity contribution in [1.29, 1.82) is 0 Å². The highest BCUT2D eigenvalue weighted by atomic mass is 32.1. The van der Waals surface area contributed by atoms with Gasteiger partial charge in [-0.05, 0) is 35.9 Å². The molecule has 0 aliphatic heterocycles. The van der Waals surface area contributed by atoms with Crippen LogP contribution in [0.3, 0.4) is 0 Å². The van der Waals surface area contributed by atoms with E-state index < -0.39 is 11.8 Å². The Morgan fingerprint density at radius 2 is 2.18 bits per heavy atom. The number of halogens is 1. The first kappa shape index (κ1) is 13.5. The Balaban J connectivity index is 2.90. The van der Waals surface area contributed by atoms with Gasteiger partial charge in [-0.15, -0.1) is 0 Å². The molecule has 0 bridgehead atoms. The zero-order valence-corrected chi connectivity index (χ0v) is 10.0. The first-order valence-electron chi connectivity index (χ1n) is 5.11. The number of carboxylic acid groups (broad SMARTS) is 1. The third-order valence-corrected chi connectivity index (χ3v) is 2.29. The molecule has 17 heavy (non-hydrogen) atoms. The first-order valence-corrected chi connectivity index (χ1v) is 5.74. The molecule has 0 atom stereocenters. The van der Waals surface area contributed by atoms with Crippen LogP contribution in [0, 0.1) is 5.82 Å². The highest BCUT2D eigenvalue weighted by molar-refractivity contribution is 7.80. The van der Waals surface area contributed by atoms with Crippen LogP contribution in [0.1, 0.15) is 17.5 Å². The molecule has 0 saturated carbocycles. The van der Waals surface area contributed by atoms with Gasteiger partial charge in [0, 0.05) is 11.6 Å². The van der Waals surface area contributed by atoms with E-state index in [-0.39, 0.29) is 5.56 Å². The summed E-state index contributed by atoms with van der Waals surface area (Å²) >= 11 is 4.07. The van der Waals surface area contributed by atoms with Gasteiger partial charge < -0.3 is 5.11 Å². The van der Waals surface area contributed by atoms with Gasteiger partial charge >= 0.3 is 5.97 Å². The summed E-state index contributed by atoms with van der Waals surface area (Å²) in [7, 11) is 0.